The second-order valence-corrected chi connectivity index (χ2v) is 3.87. The van der Waals surface area contributed by atoms with Gasteiger partial charge >= 0.3 is 0 Å². The van der Waals surface area contributed by atoms with E-state index in [2.05, 4.69) is 0 Å². The topological polar surface area (TPSA) is 66.6 Å². The van der Waals surface area contributed by atoms with E-state index < -0.39 is 6.04 Å². The van der Waals surface area contributed by atoms with Crippen molar-refractivity contribution in [3.05, 3.63) is 35.9 Å². The van der Waals surface area contributed by atoms with E-state index in [-0.39, 0.29) is 18.6 Å². The Labute approximate surface area is 95.7 Å². The highest BCUT2D eigenvalue weighted by atomic mass is 16.3. The van der Waals surface area contributed by atoms with Crippen molar-refractivity contribution in [3.8, 4) is 0 Å². The molecule has 1 unspecified atom stereocenters. The molecule has 16 heavy (non-hydrogen) atoms. The van der Waals surface area contributed by atoms with Crippen molar-refractivity contribution in [2.75, 3.05) is 13.7 Å². The molecule has 1 amide bonds. The summed E-state index contributed by atoms with van der Waals surface area (Å²) in [6.45, 7) is 1.71. The summed E-state index contributed by atoms with van der Waals surface area (Å²) >= 11 is 0. The number of rotatable bonds is 4. The zero-order valence-electron chi connectivity index (χ0n) is 9.63. The third-order valence-electron chi connectivity index (χ3n) is 2.70. The maximum absolute atomic E-state index is 11.9. The van der Waals surface area contributed by atoms with E-state index in [0.29, 0.717) is 0 Å². The van der Waals surface area contributed by atoms with Gasteiger partial charge in [0.15, 0.2) is 0 Å². The third kappa shape index (κ3) is 2.81. The Bertz CT molecular complexity index is 340. The van der Waals surface area contributed by atoms with Gasteiger partial charge in [-0.15, -0.1) is 0 Å². The quantitative estimate of drug-likeness (QED) is 0.780. The lowest BCUT2D eigenvalue weighted by atomic mass is 10.1. The lowest BCUT2D eigenvalue weighted by molar-refractivity contribution is -0.133. The molecule has 0 fully saturated rings. The maximum atomic E-state index is 11.9. The van der Waals surface area contributed by atoms with Gasteiger partial charge in [-0.05, 0) is 12.5 Å². The SMILES string of the molecule is CC(CO)N(C)C(=O)[C@H](N)c1ccccc1. The highest BCUT2D eigenvalue weighted by Gasteiger charge is 2.22. The van der Waals surface area contributed by atoms with Gasteiger partial charge in [0.25, 0.3) is 0 Å². The maximum Gasteiger partial charge on any atom is 0.244 e. The van der Waals surface area contributed by atoms with Crippen molar-refractivity contribution < 1.29 is 9.90 Å². The number of hydrogen-bond acceptors (Lipinski definition) is 3. The summed E-state index contributed by atoms with van der Waals surface area (Å²) in [7, 11) is 1.64. The van der Waals surface area contributed by atoms with E-state index in [0.717, 1.165) is 5.56 Å². The molecule has 0 heterocycles. The first-order chi connectivity index (χ1) is 7.57. The van der Waals surface area contributed by atoms with Gasteiger partial charge in [-0.25, -0.2) is 0 Å². The first-order valence-electron chi connectivity index (χ1n) is 5.26. The van der Waals surface area contributed by atoms with Gasteiger partial charge < -0.3 is 15.7 Å². The number of nitrogens with two attached hydrogens (primary N) is 1. The molecular weight excluding hydrogens is 204 g/mol. The third-order valence-corrected chi connectivity index (χ3v) is 2.70. The fourth-order valence-electron chi connectivity index (χ4n) is 1.36. The number of likely N-dealkylation sites (N-methyl/N-ethyl adjacent to an activating group) is 1. The minimum atomic E-state index is -0.666. The Balaban J connectivity index is 2.75. The Morgan fingerprint density at radius 2 is 2.00 bits per heavy atom. The van der Waals surface area contributed by atoms with Gasteiger partial charge in [-0.1, -0.05) is 30.3 Å². The Kier molecular flexibility index (Phi) is 4.46. The van der Waals surface area contributed by atoms with Crippen LogP contribution >= 0.6 is 0 Å². The zero-order valence-corrected chi connectivity index (χ0v) is 9.63. The molecule has 1 aromatic rings. The summed E-state index contributed by atoms with van der Waals surface area (Å²) in [6.07, 6.45) is 0. The first kappa shape index (κ1) is 12.7. The summed E-state index contributed by atoms with van der Waals surface area (Å²) in [5.74, 6) is -0.187. The number of aliphatic hydroxyl groups excluding tert-OH is 1. The van der Waals surface area contributed by atoms with E-state index in [4.69, 9.17) is 10.8 Å². The normalized spacial score (nSPS) is 14.2. The summed E-state index contributed by atoms with van der Waals surface area (Å²) in [4.78, 5) is 13.4. The van der Waals surface area contributed by atoms with E-state index in [1.54, 1.807) is 14.0 Å². The van der Waals surface area contributed by atoms with Crippen molar-refractivity contribution in [3.63, 3.8) is 0 Å². The van der Waals surface area contributed by atoms with Crippen LogP contribution in [0.5, 0.6) is 0 Å². The first-order valence-corrected chi connectivity index (χ1v) is 5.26. The van der Waals surface area contributed by atoms with Gasteiger partial charge in [0.2, 0.25) is 5.91 Å². The fraction of sp³-hybridized carbons (Fsp3) is 0.417. The predicted octanol–water partition coefficient (Wildman–Crippen LogP) is 0.526. The van der Waals surface area contributed by atoms with Gasteiger partial charge in [-0.3, -0.25) is 4.79 Å². The Morgan fingerprint density at radius 1 is 1.44 bits per heavy atom. The molecule has 1 rings (SSSR count). The molecule has 0 aliphatic heterocycles. The summed E-state index contributed by atoms with van der Waals surface area (Å²) in [6, 6.07) is 8.32. The molecule has 0 bridgehead atoms. The van der Waals surface area contributed by atoms with Crippen LogP contribution in [0.25, 0.3) is 0 Å². The van der Waals surface area contributed by atoms with Crippen LogP contribution in [-0.4, -0.2) is 35.6 Å². The predicted molar refractivity (Wildman–Crippen MR) is 62.7 cm³/mol. The highest BCUT2D eigenvalue weighted by Crippen LogP contribution is 2.13. The van der Waals surface area contributed by atoms with Crippen molar-refractivity contribution in [2.24, 2.45) is 5.73 Å². The molecule has 2 atom stereocenters. The standard InChI is InChI=1S/C12H18N2O2/c1-9(8-15)14(2)12(16)11(13)10-6-4-3-5-7-10/h3-7,9,11,15H,8,13H2,1-2H3/t9?,11-/m1/s1. The highest BCUT2D eigenvalue weighted by molar-refractivity contribution is 5.83. The fourth-order valence-corrected chi connectivity index (χ4v) is 1.36. The van der Waals surface area contributed by atoms with Crippen LogP contribution in [-0.2, 0) is 4.79 Å². The van der Waals surface area contributed by atoms with Gasteiger partial charge in [0.05, 0.1) is 12.6 Å². The van der Waals surface area contributed by atoms with Crippen LogP contribution < -0.4 is 5.73 Å². The van der Waals surface area contributed by atoms with E-state index in [9.17, 15) is 4.79 Å². The van der Waals surface area contributed by atoms with E-state index in [1.165, 1.54) is 4.90 Å². The molecule has 3 N–H and O–H groups in total. The molecule has 0 aliphatic carbocycles. The molecule has 0 saturated carbocycles. The molecule has 4 nitrogen and oxygen atoms in total. The van der Waals surface area contributed by atoms with Gasteiger partial charge in [0, 0.05) is 7.05 Å². The largest absolute Gasteiger partial charge is 0.394 e. The number of hydrogen-bond donors (Lipinski definition) is 2. The minimum absolute atomic E-state index is 0.0657. The van der Waals surface area contributed by atoms with Crippen LogP contribution in [0.4, 0.5) is 0 Å². The van der Waals surface area contributed by atoms with Crippen LogP contribution in [0.15, 0.2) is 30.3 Å². The molecular formula is C12H18N2O2. The van der Waals surface area contributed by atoms with Crippen LogP contribution in [0.3, 0.4) is 0 Å². The number of carbonyl (C=O) groups excluding carboxylic acids is 1. The molecule has 1 aromatic carbocycles. The molecule has 0 spiro atoms. The summed E-state index contributed by atoms with van der Waals surface area (Å²) in [5, 5.41) is 8.97. The second kappa shape index (κ2) is 5.63. The zero-order chi connectivity index (χ0) is 12.1. The molecule has 0 aromatic heterocycles. The van der Waals surface area contributed by atoms with E-state index >= 15 is 0 Å². The molecule has 88 valence electrons. The average molecular weight is 222 g/mol. The van der Waals surface area contributed by atoms with Gasteiger partial charge in [-0.2, -0.15) is 0 Å². The molecule has 0 aliphatic rings. The number of nitrogens with zero attached hydrogens (tertiary/aromatic N) is 1. The number of carbonyl (C=O) groups is 1. The van der Waals surface area contributed by atoms with Crippen molar-refractivity contribution in [1.82, 2.24) is 4.90 Å². The monoisotopic (exact) mass is 222 g/mol. The van der Waals surface area contributed by atoms with Crippen molar-refractivity contribution in [1.29, 1.82) is 0 Å². The summed E-state index contributed by atoms with van der Waals surface area (Å²) < 4.78 is 0. The lowest BCUT2D eigenvalue weighted by Gasteiger charge is -2.26. The molecule has 0 radical (unpaired) electrons. The van der Waals surface area contributed by atoms with Crippen LogP contribution in [0.1, 0.15) is 18.5 Å². The molecule has 0 saturated heterocycles. The van der Waals surface area contributed by atoms with Crippen LogP contribution in [0.2, 0.25) is 0 Å². The van der Waals surface area contributed by atoms with Crippen molar-refractivity contribution in [2.45, 2.75) is 19.0 Å². The number of amides is 1. The molecule has 4 heteroatoms. The average Bonchev–Trinajstić information content (AvgIpc) is 2.36. The smallest absolute Gasteiger partial charge is 0.244 e. The van der Waals surface area contributed by atoms with Gasteiger partial charge in [0.1, 0.15) is 6.04 Å². The Hall–Kier alpha value is -1.39. The second-order valence-electron chi connectivity index (χ2n) is 3.87. The summed E-state index contributed by atoms with van der Waals surface area (Å²) in [5.41, 5.74) is 6.64. The van der Waals surface area contributed by atoms with Crippen molar-refractivity contribution >= 4 is 5.91 Å². The van der Waals surface area contributed by atoms with E-state index in [1.807, 2.05) is 30.3 Å². The number of aliphatic hydroxyl groups is 1. The minimum Gasteiger partial charge on any atom is -0.394 e. The number of benzene rings is 1. The Morgan fingerprint density at radius 3 is 2.50 bits per heavy atom. The van der Waals surface area contributed by atoms with Crippen LogP contribution in [0, 0.1) is 0 Å². The lowest BCUT2D eigenvalue weighted by Crippen LogP contribution is -2.42.